The SMILES string of the molecule is CCN(CC)CCCc1nc(Cn2cnc3c2c(=O)n(C)c(=O)n3C)no1. The van der Waals surface area contributed by atoms with Crippen molar-refractivity contribution in [2.75, 3.05) is 19.6 Å². The van der Waals surface area contributed by atoms with E-state index in [4.69, 9.17) is 4.52 Å². The normalized spacial score (nSPS) is 11.7. The molecule has 0 fully saturated rings. The molecule has 0 saturated heterocycles. The molecule has 3 heterocycles. The number of fused-ring (bicyclic) bond motifs is 1. The zero-order valence-corrected chi connectivity index (χ0v) is 16.2. The van der Waals surface area contributed by atoms with Crippen molar-refractivity contribution in [1.29, 1.82) is 0 Å². The van der Waals surface area contributed by atoms with Crippen LogP contribution in [0.25, 0.3) is 11.2 Å². The Morgan fingerprint density at radius 1 is 1.15 bits per heavy atom. The second kappa shape index (κ2) is 7.87. The van der Waals surface area contributed by atoms with Crippen LogP contribution >= 0.6 is 0 Å². The summed E-state index contributed by atoms with van der Waals surface area (Å²) in [6.07, 6.45) is 3.17. The molecule has 0 saturated carbocycles. The molecule has 10 nitrogen and oxygen atoms in total. The van der Waals surface area contributed by atoms with Crippen LogP contribution in [0.15, 0.2) is 20.4 Å². The van der Waals surface area contributed by atoms with Gasteiger partial charge in [0.15, 0.2) is 17.0 Å². The third kappa shape index (κ3) is 3.70. The number of hydrogen-bond acceptors (Lipinski definition) is 7. The summed E-state index contributed by atoms with van der Waals surface area (Å²) in [4.78, 5) is 35.4. The molecule has 0 spiro atoms. The van der Waals surface area contributed by atoms with Crippen molar-refractivity contribution in [3.05, 3.63) is 38.9 Å². The van der Waals surface area contributed by atoms with Gasteiger partial charge in [0.1, 0.15) is 0 Å². The van der Waals surface area contributed by atoms with Gasteiger partial charge in [0.25, 0.3) is 5.56 Å². The van der Waals surface area contributed by atoms with Crippen LogP contribution in [0, 0.1) is 0 Å². The highest BCUT2D eigenvalue weighted by Gasteiger charge is 2.16. The lowest BCUT2D eigenvalue weighted by atomic mass is 10.3. The molecule has 3 aromatic rings. The molecule has 0 atom stereocenters. The van der Waals surface area contributed by atoms with Crippen molar-refractivity contribution in [2.24, 2.45) is 14.1 Å². The van der Waals surface area contributed by atoms with E-state index in [2.05, 4.69) is 33.9 Å². The molecule has 3 rings (SSSR count). The van der Waals surface area contributed by atoms with Crippen molar-refractivity contribution >= 4 is 11.2 Å². The van der Waals surface area contributed by atoms with Gasteiger partial charge in [-0.05, 0) is 26.1 Å². The predicted octanol–water partition coefficient (Wildman–Crippen LogP) is 0.139. The largest absolute Gasteiger partial charge is 0.339 e. The van der Waals surface area contributed by atoms with E-state index in [9.17, 15) is 9.59 Å². The highest BCUT2D eigenvalue weighted by Crippen LogP contribution is 2.09. The van der Waals surface area contributed by atoms with Crippen molar-refractivity contribution in [3.8, 4) is 0 Å². The van der Waals surface area contributed by atoms with Crippen LogP contribution in [-0.2, 0) is 27.1 Å². The number of imidazole rings is 1. The highest BCUT2D eigenvalue weighted by atomic mass is 16.5. The molecular weight excluding hydrogens is 350 g/mol. The van der Waals surface area contributed by atoms with E-state index >= 15 is 0 Å². The van der Waals surface area contributed by atoms with Gasteiger partial charge in [-0.15, -0.1) is 0 Å². The van der Waals surface area contributed by atoms with E-state index < -0.39 is 11.2 Å². The molecule has 0 aromatic carbocycles. The first-order chi connectivity index (χ1) is 13.0. The minimum atomic E-state index is -0.409. The maximum atomic E-state index is 12.5. The number of aromatic nitrogens is 6. The second-order valence-electron chi connectivity index (χ2n) is 6.49. The Balaban J connectivity index is 1.76. The Kier molecular flexibility index (Phi) is 5.54. The third-order valence-corrected chi connectivity index (χ3v) is 4.80. The average Bonchev–Trinajstić information content (AvgIpc) is 3.29. The minimum absolute atomic E-state index is 0.253. The Hall–Kier alpha value is -2.75. The zero-order chi connectivity index (χ0) is 19.6. The fourth-order valence-corrected chi connectivity index (χ4v) is 3.12. The summed E-state index contributed by atoms with van der Waals surface area (Å²) in [5.74, 6) is 1.06. The van der Waals surface area contributed by atoms with E-state index in [-0.39, 0.29) is 6.54 Å². The van der Waals surface area contributed by atoms with Gasteiger partial charge in [0, 0.05) is 20.5 Å². The highest BCUT2D eigenvalue weighted by molar-refractivity contribution is 5.70. The molecule has 0 aliphatic carbocycles. The number of rotatable bonds is 8. The first-order valence-corrected chi connectivity index (χ1v) is 9.10. The average molecular weight is 375 g/mol. The Morgan fingerprint density at radius 3 is 2.59 bits per heavy atom. The van der Waals surface area contributed by atoms with Crippen molar-refractivity contribution in [2.45, 2.75) is 33.2 Å². The van der Waals surface area contributed by atoms with Gasteiger partial charge >= 0.3 is 5.69 Å². The molecule has 0 aliphatic heterocycles. The third-order valence-electron chi connectivity index (χ3n) is 4.80. The quantitative estimate of drug-likeness (QED) is 0.551. The lowest BCUT2D eigenvalue weighted by Gasteiger charge is -2.16. The molecule has 0 aliphatic rings. The van der Waals surface area contributed by atoms with Crippen LogP contribution in [-0.4, -0.2) is 53.4 Å². The number of hydrogen-bond donors (Lipinski definition) is 0. The predicted molar refractivity (Wildman–Crippen MR) is 99.7 cm³/mol. The van der Waals surface area contributed by atoms with Crippen LogP contribution in [0.1, 0.15) is 32.0 Å². The van der Waals surface area contributed by atoms with E-state index in [0.717, 1.165) is 30.6 Å². The molecular formula is C17H25N7O3. The van der Waals surface area contributed by atoms with E-state index in [1.54, 1.807) is 11.6 Å². The van der Waals surface area contributed by atoms with Gasteiger partial charge in [-0.1, -0.05) is 19.0 Å². The van der Waals surface area contributed by atoms with Gasteiger partial charge in [-0.25, -0.2) is 9.78 Å². The van der Waals surface area contributed by atoms with Gasteiger partial charge in [-0.3, -0.25) is 13.9 Å². The molecule has 0 unspecified atom stereocenters. The molecule has 146 valence electrons. The molecule has 0 amide bonds. The molecule has 0 N–H and O–H groups in total. The molecule has 3 aromatic heterocycles. The fourth-order valence-electron chi connectivity index (χ4n) is 3.12. The summed E-state index contributed by atoms with van der Waals surface area (Å²) >= 11 is 0. The van der Waals surface area contributed by atoms with Crippen LogP contribution in [0.3, 0.4) is 0 Å². The summed E-state index contributed by atoms with van der Waals surface area (Å²) in [5, 5.41) is 4.00. The van der Waals surface area contributed by atoms with Crippen molar-refractivity contribution in [1.82, 2.24) is 33.7 Å². The molecule has 27 heavy (non-hydrogen) atoms. The number of aryl methyl sites for hydroxylation is 2. The summed E-state index contributed by atoms with van der Waals surface area (Å²) in [5.41, 5.74) is -0.125. The molecule has 10 heteroatoms. The monoisotopic (exact) mass is 375 g/mol. The van der Waals surface area contributed by atoms with Crippen LogP contribution in [0.5, 0.6) is 0 Å². The smallest absolute Gasteiger partial charge is 0.332 e. The van der Waals surface area contributed by atoms with Gasteiger partial charge in [0.05, 0.1) is 12.9 Å². The van der Waals surface area contributed by atoms with E-state index in [0.29, 0.717) is 29.3 Å². The maximum Gasteiger partial charge on any atom is 0.332 e. The summed E-state index contributed by atoms with van der Waals surface area (Å²) in [6.45, 7) is 7.57. The first kappa shape index (κ1) is 19.0. The van der Waals surface area contributed by atoms with Gasteiger partial charge in [0.2, 0.25) is 5.89 Å². The van der Waals surface area contributed by atoms with E-state index in [1.165, 1.54) is 17.9 Å². The van der Waals surface area contributed by atoms with Gasteiger partial charge in [-0.2, -0.15) is 4.98 Å². The Labute approximate surface area is 156 Å². The zero-order valence-electron chi connectivity index (χ0n) is 16.2. The summed E-state index contributed by atoms with van der Waals surface area (Å²) < 4.78 is 9.37. The number of nitrogens with zero attached hydrogens (tertiary/aromatic N) is 7. The Bertz CT molecular complexity index is 1040. The summed E-state index contributed by atoms with van der Waals surface area (Å²) in [6, 6.07) is 0. The lowest BCUT2D eigenvalue weighted by Crippen LogP contribution is -2.37. The molecule has 0 radical (unpaired) electrons. The van der Waals surface area contributed by atoms with Crippen LogP contribution in [0.2, 0.25) is 0 Å². The van der Waals surface area contributed by atoms with Gasteiger partial charge < -0.3 is 14.0 Å². The lowest BCUT2D eigenvalue weighted by molar-refractivity contribution is 0.291. The van der Waals surface area contributed by atoms with Crippen LogP contribution < -0.4 is 11.2 Å². The standard InChI is InChI=1S/C17H25N7O3/c1-5-23(6-2)9-7-8-13-19-12(20-27-13)10-24-11-18-15-14(24)16(25)22(4)17(26)21(15)3/h11H,5-10H2,1-4H3. The second-order valence-corrected chi connectivity index (χ2v) is 6.49. The van der Waals surface area contributed by atoms with Crippen molar-refractivity contribution < 1.29 is 4.52 Å². The summed E-state index contributed by atoms with van der Waals surface area (Å²) in [7, 11) is 3.04. The van der Waals surface area contributed by atoms with Crippen molar-refractivity contribution in [3.63, 3.8) is 0 Å². The molecule has 0 bridgehead atoms. The van der Waals surface area contributed by atoms with Crippen LogP contribution in [0.4, 0.5) is 0 Å². The Morgan fingerprint density at radius 2 is 1.89 bits per heavy atom. The topological polar surface area (TPSA) is 104 Å². The minimum Gasteiger partial charge on any atom is -0.339 e. The maximum absolute atomic E-state index is 12.5. The van der Waals surface area contributed by atoms with E-state index in [1.807, 2.05) is 0 Å². The first-order valence-electron chi connectivity index (χ1n) is 9.10. The fraction of sp³-hybridized carbons (Fsp3) is 0.588.